The van der Waals surface area contributed by atoms with Gasteiger partial charge in [0, 0.05) is 26.2 Å². The van der Waals surface area contributed by atoms with Crippen LogP contribution in [0.2, 0.25) is 0 Å². The first kappa shape index (κ1) is 19.9. The van der Waals surface area contributed by atoms with E-state index in [9.17, 15) is 4.79 Å². The van der Waals surface area contributed by atoms with Crippen LogP contribution in [0.5, 0.6) is 5.75 Å². The molecule has 0 aliphatic carbocycles. The van der Waals surface area contributed by atoms with Crippen molar-refractivity contribution < 1.29 is 9.53 Å². The Bertz CT molecular complexity index is 1220. The van der Waals surface area contributed by atoms with Gasteiger partial charge in [0.25, 0.3) is 0 Å². The third-order valence-corrected chi connectivity index (χ3v) is 5.67. The predicted octanol–water partition coefficient (Wildman–Crippen LogP) is 2.11. The third-order valence-electron chi connectivity index (χ3n) is 5.67. The lowest BCUT2D eigenvalue weighted by Gasteiger charge is -2.35. The smallest absolute Gasteiger partial charge is 0.227 e. The van der Waals surface area contributed by atoms with Crippen LogP contribution in [-0.4, -0.2) is 69.1 Å². The van der Waals surface area contributed by atoms with Gasteiger partial charge in [-0.25, -0.2) is 9.97 Å². The number of hydrogen-bond donors (Lipinski definition) is 0. The van der Waals surface area contributed by atoms with Crippen molar-refractivity contribution in [1.29, 1.82) is 0 Å². The Balaban J connectivity index is 1.31. The number of nitrogens with zero attached hydrogens (tertiary/aromatic N) is 7. The maximum atomic E-state index is 12.7. The number of aromatic nitrogens is 5. The summed E-state index contributed by atoms with van der Waals surface area (Å²) in [5.41, 5.74) is 3.16. The Morgan fingerprint density at radius 3 is 2.44 bits per heavy atom. The monoisotopic (exact) mass is 429 g/mol. The molecule has 2 aromatic carbocycles. The number of carbonyl (C=O) groups excluding carboxylic acids is 1. The van der Waals surface area contributed by atoms with Gasteiger partial charge in [0.1, 0.15) is 12.1 Å². The first-order chi connectivity index (χ1) is 15.7. The maximum Gasteiger partial charge on any atom is 0.227 e. The SMILES string of the molecule is COc1ccc(-n2nnc3c(N4CCN(C(=O)Cc5ccccc5)CC4)ncnc32)cc1. The quantitative estimate of drug-likeness (QED) is 0.480. The highest BCUT2D eigenvalue weighted by atomic mass is 16.5. The standard InChI is InChI=1S/C23H23N7O2/c1-32-19-9-7-18(8-10-19)30-23-21(26-27-30)22(24-16-25-23)29-13-11-28(12-14-29)20(31)15-17-5-3-2-4-6-17/h2-10,16H,11-15H2,1H3. The van der Waals surface area contributed by atoms with Crippen molar-refractivity contribution in [3.05, 3.63) is 66.5 Å². The molecule has 0 bridgehead atoms. The Morgan fingerprint density at radius 1 is 0.969 bits per heavy atom. The highest BCUT2D eigenvalue weighted by Gasteiger charge is 2.25. The lowest BCUT2D eigenvalue weighted by molar-refractivity contribution is -0.130. The van der Waals surface area contributed by atoms with Crippen LogP contribution in [0, 0.1) is 0 Å². The van der Waals surface area contributed by atoms with Crippen LogP contribution in [0.3, 0.4) is 0 Å². The molecule has 9 nitrogen and oxygen atoms in total. The number of anilines is 1. The van der Waals surface area contributed by atoms with Gasteiger partial charge < -0.3 is 14.5 Å². The molecular weight excluding hydrogens is 406 g/mol. The minimum Gasteiger partial charge on any atom is -0.497 e. The number of hydrogen-bond acceptors (Lipinski definition) is 7. The molecule has 1 aliphatic heterocycles. The molecule has 1 fully saturated rings. The number of methoxy groups -OCH3 is 1. The normalized spacial score (nSPS) is 14.0. The zero-order chi connectivity index (χ0) is 21.9. The Morgan fingerprint density at radius 2 is 1.72 bits per heavy atom. The summed E-state index contributed by atoms with van der Waals surface area (Å²) in [6, 6.07) is 17.4. The second-order valence-corrected chi connectivity index (χ2v) is 7.60. The Hall–Kier alpha value is -4.01. The van der Waals surface area contributed by atoms with E-state index < -0.39 is 0 Å². The van der Waals surface area contributed by atoms with E-state index in [-0.39, 0.29) is 5.91 Å². The number of piperazine rings is 1. The number of carbonyl (C=O) groups is 1. The number of amides is 1. The fourth-order valence-corrected chi connectivity index (χ4v) is 3.92. The van der Waals surface area contributed by atoms with E-state index in [0.717, 1.165) is 22.8 Å². The van der Waals surface area contributed by atoms with E-state index in [0.29, 0.717) is 43.8 Å². The molecule has 0 saturated carbocycles. The zero-order valence-electron chi connectivity index (χ0n) is 17.8. The summed E-state index contributed by atoms with van der Waals surface area (Å²) in [6.45, 7) is 2.65. The summed E-state index contributed by atoms with van der Waals surface area (Å²) in [4.78, 5) is 25.6. The van der Waals surface area contributed by atoms with E-state index in [1.807, 2.05) is 59.5 Å². The maximum absolute atomic E-state index is 12.7. The molecule has 5 rings (SSSR count). The van der Waals surface area contributed by atoms with E-state index in [2.05, 4.69) is 25.2 Å². The molecule has 0 unspecified atom stereocenters. The van der Waals surface area contributed by atoms with Crippen LogP contribution in [0.1, 0.15) is 5.56 Å². The van der Waals surface area contributed by atoms with Gasteiger partial charge >= 0.3 is 0 Å². The molecule has 0 radical (unpaired) electrons. The van der Waals surface area contributed by atoms with Crippen LogP contribution in [0.15, 0.2) is 60.9 Å². The molecule has 1 saturated heterocycles. The summed E-state index contributed by atoms with van der Waals surface area (Å²) in [5.74, 6) is 1.66. The van der Waals surface area contributed by atoms with E-state index in [4.69, 9.17) is 4.74 Å². The number of benzene rings is 2. The van der Waals surface area contributed by atoms with Gasteiger partial charge in [0.05, 0.1) is 19.2 Å². The summed E-state index contributed by atoms with van der Waals surface area (Å²) in [7, 11) is 1.63. The second-order valence-electron chi connectivity index (χ2n) is 7.60. The van der Waals surface area contributed by atoms with Gasteiger partial charge in [-0.3, -0.25) is 4.79 Å². The average Bonchev–Trinajstić information content (AvgIpc) is 3.29. The van der Waals surface area contributed by atoms with Gasteiger partial charge in [0.15, 0.2) is 17.0 Å². The number of ether oxygens (including phenoxy) is 1. The first-order valence-electron chi connectivity index (χ1n) is 10.5. The third kappa shape index (κ3) is 3.84. The summed E-state index contributed by atoms with van der Waals surface area (Å²) >= 11 is 0. The molecule has 3 heterocycles. The predicted molar refractivity (Wildman–Crippen MR) is 120 cm³/mol. The van der Waals surface area contributed by atoms with Crippen molar-refractivity contribution in [1.82, 2.24) is 29.9 Å². The Kier molecular flexibility index (Phi) is 5.37. The van der Waals surface area contributed by atoms with Crippen LogP contribution < -0.4 is 9.64 Å². The molecular formula is C23H23N7O2. The largest absolute Gasteiger partial charge is 0.497 e. The fourth-order valence-electron chi connectivity index (χ4n) is 3.92. The van der Waals surface area contributed by atoms with Crippen LogP contribution in [-0.2, 0) is 11.2 Å². The van der Waals surface area contributed by atoms with Crippen molar-refractivity contribution in [2.75, 3.05) is 38.2 Å². The zero-order valence-corrected chi connectivity index (χ0v) is 17.8. The summed E-state index contributed by atoms with van der Waals surface area (Å²) < 4.78 is 6.92. The van der Waals surface area contributed by atoms with Gasteiger partial charge in [0.2, 0.25) is 5.91 Å². The van der Waals surface area contributed by atoms with Gasteiger partial charge in [-0.2, -0.15) is 4.68 Å². The lowest BCUT2D eigenvalue weighted by Crippen LogP contribution is -2.49. The number of rotatable bonds is 5. The molecule has 1 amide bonds. The lowest BCUT2D eigenvalue weighted by atomic mass is 10.1. The topological polar surface area (TPSA) is 89.3 Å². The second kappa shape index (κ2) is 8.62. The molecule has 1 aliphatic rings. The minimum atomic E-state index is 0.147. The highest BCUT2D eigenvalue weighted by molar-refractivity contribution is 5.84. The van der Waals surface area contributed by atoms with Crippen molar-refractivity contribution in [3.63, 3.8) is 0 Å². The van der Waals surface area contributed by atoms with Crippen LogP contribution in [0.4, 0.5) is 5.82 Å². The molecule has 4 aromatic rings. The van der Waals surface area contributed by atoms with E-state index in [1.54, 1.807) is 11.8 Å². The van der Waals surface area contributed by atoms with Crippen molar-refractivity contribution in [3.8, 4) is 11.4 Å². The van der Waals surface area contributed by atoms with Crippen molar-refractivity contribution in [2.24, 2.45) is 0 Å². The van der Waals surface area contributed by atoms with Gasteiger partial charge in [-0.1, -0.05) is 35.5 Å². The highest BCUT2D eigenvalue weighted by Crippen LogP contribution is 2.24. The van der Waals surface area contributed by atoms with E-state index >= 15 is 0 Å². The van der Waals surface area contributed by atoms with Crippen molar-refractivity contribution in [2.45, 2.75) is 6.42 Å². The molecule has 2 aromatic heterocycles. The van der Waals surface area contributed by atoms with Crippen LogP contribution in [0.25, 0.3) is 16.9 Å². The minimum absolute atomic E-state index is 0.147. The Labute approximate surface area is 185 Å². The molecule has 0 spiro atoms. The molecule has 0 N–H and O–H groups in total. The van der Waals surface area contributed by atoms with Crippen LogP contribution >= 0.6 is 0 Å². The molecule has 9 heteroatoms. The molecule has 162 valence electrons. The van der Waals surface area contributed by atoms with Crippen molar-refractivity contribution >= 4 is 22.9 Å². The van der Waals surface area contributed by atoms with Gasteiger partial charge in [-0.05, 0) is 29.8 Å². The van der Waals surface area contributed by atoms with E-state index in [1.165, 1.54) is 6.33 Å². The molecule has 32 heavy (non-hydrogen) atoms. The molecule has 0 atom stereocenters. The number of fused-ring (bicyclic) bond motifs is 1. The summed E-state index contributed by atoms with van der Waals surface area (Å²) in [5, 5.41) is 8.66. The van der Waals surface area contributed by atoms with Gasteiger partial charge in [-0.15, -0.1) is 5.10 Å². The average molecular weight is 429 g/mol. The summed E-state index contributed by atoms with van der Waals surface area (Å²) in [6.07, 6.45) is 1.96. The first-order valence-corrected chi connectivity index (χ1v) is 10.5. The fraction of sp³-hybridized carbons (Fsp3) is 0.261.